The molecule has 4 rings (SSSR count). The third-order valence-electron chi connectivity index (χ3n) is 4.25. The lowest BCUT2D eigenvalue weighted by Gasteiger charge is -2.07. The van der Waals surface area contributed by atoms with E-state index in [0.717, 1.165) is 22.3 Å². The van der Waals surface area contributed by atoms with E-state index in [1.165, 1.54) is 0 Å². The van der Waals surface area contributed by atoms with Gasteiger partial charge < -0.3 is 0 Å². The van der Waals surface area contributed by atoms with Gasteiger partial charge in [-0.2, -0.15) is 0 Å². The van der Waals surface area contributed by atoms with E-state index in [0.29, 0.717) is 11.1 Å². The van der Waals surface area contributed by atoms with Crippen LogP contribution in [0.3, 0.4) is 0 Å². The molecule has 0 saturated heterocycles. The predicted octanol–water partition coefficient (Wildman–Crippen LogP) is 6.61. The minimum Gasteiger partial charge on any atom is -0.0622 e. The van der Waals surface area contributed by atoms with Crippen LogP contribution >= 0.6 is 0 Å². The highest BCUT2D eigenvalue weighted by Crippen LogP contribution is 2.23. The van der Waals surface area contributed by atoms with Crippen LogP contribution in [-0.2, 0) is 6.37 Å². The Kier molecular flexibility index (Phi) is 3.80. The molecule has 4 aromatic rings. The van der Waals surface area contributed by atoms with Crippen LogP contribution in [-0.4, -0.2) is 0 Å². The summed E-state index contributed by atoms with van der Waals surface area (Å²) in [6.07, 6.45) is -1.56. The van der Waals surface area contributed by atoms with Crippen molar-refractivity contribution < 1.29 is 2.74 Å². The smallest absolute Gasteiger partial charge is 0.0366 e. The van der Waals surface area contributed by atoms with Crippen LogP contribution in [0.4, 0.5) is 0 Å². The topological polar surface area (TPSA) is 0 Å². The van der Waals surface area contributed by atoms with Crippen molar-refractivity contribution in [3.05, 3.63) is 120 Å². The molecule has 0 bridgehead atoms. The molecule has 0 unspecified atom stereocenters. The Morgan fingerprint density at radius 2 is 0.960 bits per heavy atom. The van der Waals surface area contributed by atoms with E-state index in [1.807, 2.05) is 97.1 Å². The monoisotopic (exact) mass is 322 g/mol. The van der Waals surface area contributed by atoms with Crippen molar-refractivity contribution in [3.63, 3.8) is 0 Å². The molecule has 0 atom stereocenters. The number of hydrogen-bond donors (Lipinski definition) is 0. The molecule has 0 nitrogen and oxygen atoms in total. The molecule has 0 radical (unpaired) electrons. The van der Waals surface area contributed by atoms with Gasteiger partial charge in [-0.3, -0.25) is 0 Å². The van der Waals surface area contributed by atoms with E-state index < -0.39 is 6.37 Å². The molecule has 25 heavy (non-hydrogen) atoms. The SMILES string of the molecule is [2H]C([2H])(c1ccc(-c2ccccc2)cc1)c1cccc(-c2ccccc2)c1. The highest BCUT2D eigenvalue weighted by molar-refractivity contribution is 5.65. The molecule has 0 saturated carbocycles. The normalized spacial score (nSPS) is 12.3. The lowest BCUT2D eigenvalue weighted by molar-refractivity contribution is 1.19. The molecule has 0 heteroatoms. The number of rotatable bonds is 4. The summed E-state index contributed by atoms with van der Waals surface area (Å²) in [5.41, 5.74) is 5.67. The van der Waals surface area contributed by atoms with Crippen molar-refractivity contribution in [3.8, 4) is 22.3 Å². The lowest BCUT2D eigenvalue weighted by atomic mass is 9.98. The van der Waals surface area contributed by atoms with Gasteiger partial charge in [0.2, 0.25) is 0 Å². The summed E-state index contributed by atoms with van der Waals surface area (Å²) in [6, 6.07) is 35.7. The molecule has 0 aromatic heterocycles. The molecule has 0 fully saturated rings. The van der Waals surface area contributed by atoms with Crippen LogP contribution in [0.1, 0.15) is 13.9 Å². The quantitative estimate of drug-likeness (QED) is 0.396. The maximum absolute atomic E-state index is 8.71. The molecule has 0 N–H and O–H groups in total. The van der Waals surface area contributed by atoms with Gasteiger partial charge in [0.15, 0.2) is 0 Å². The Morgan fingerprint density at radius 3 is 1.60 bits per heavy atom. The van der Waals surface area contributed by atoms with Crippen LogP contribution in [0.2, 0.25) is 0 Å². The van der Waals surface area contributed by atoms with Crippen molar-refractivity contribution in [1.82, 2.24) is 0 Å². The van der Waals surface area contributed by atoms with Crippen molar-refractivity contribution in [2.45, 2.75) is 6.37 Å². The fraction of sp³-hybridized carbons (Fsp3) is 0.0400. The van der Waals surface area contributed by atoms with Gasteiger partial charge in [0.25, 0.3) is 0 Å². The van der Waals surface area contributed by atoms with Gasteiger partial charge >= 0.3 is 0 Å². The predicted molar refractivity (Wildman–Crippen MR) is 107 cm³/mol. The summed E-state index contributed by atoms with van der Waals surface area (Å²) in [5, 5.41) is 0. The molecule has 120 valence electrons. The van der Waals surface area contributed by atoms with E-state index in [-0.39, 0.29) is 0 Å². The van der Waals surface area contributed by atoms with Crippen LogP contribution in [0.5, 0.6) is 0 Å². The van der Waals surface area contributed by atoms with Crippen molar-refractivity contribution in [2.24, 2.45) is 0 Å². The maximum Gasteiger partial charge on any atom is 0.0366 e. The second-order valence-corrected chi connectivity index (χ2v) is 6.02. The van der Waals surface area contributed by atoms with Crippen LogP contribution in [0, 0.1) is 0 Å². The Hall–Kier alpha value is -3.12. The molecule has 0 aliphatic rings. The zero-order valence-electron chi connectivity index (χ0n) is 15.9. The van der Waals surface area contributed by atoms with E-state index in [2.05, 4.69) is 12.1 Å². The molecular weight excluding hydrogens is 300 g/mol. The summed E-state index contributed by atoms with van der Waals surface area (Å²) >= 11 is 0. The van der Waals surface area contributed by atoms with Gasteiger partial charge in [-0.05, 0) is 39.8 Å². The number of hydrogen-bond acceptors (Lipinski definition) is 0. The fourth-order valence-electron chi connectivity index (χ4n) is 2.95. The third kappa shape index (κ3) is 3.70. The fourth-order valence-corrected chi connectivity index (χ4v) is 2.95. The molecule has 4 aromatic carbocycles. The van der Waals surface area contributed by atoms with Gasteiger partial charge in [-0.25, -0.2) is 0 Å². The highest BCUT2D eigenvalue weighted by Gasteiger charge is 2.02. The first-order valence-electron chi connectivity index (χ1n) is 9.46. The molecule has 0 aliphatic carbocycles. The largest absolute Gasteiger partial charge is 0.0622 e. The van der Waals surface area contributed by atoms with E-state index in [4.69, 9.17) is 2.74 Å². The average Bonchev–Trinajstić information content (AvgIpc) is 2.75. The summed E-state index contributed by atoms with van der Waals surface area (Å²) in [6.45, 7) is 0. The van der Waals surface area contributed by atoms with E-state index in [9.17, 15) is 0 Å². The lowest BCUT2D eigenvalue weighted by Crippen LogP contribution is -1.89. The standard InChI is InChI=1S/C25H20/c1-3-9-22(10-4-1)24-16-14-20(15-17-24)18-21-8-7-13-25(19-21)23-11-5-2-6-12-23/h1-17,19H,18H2/i18D2. The summed E-state index contributed by atoms with van der Waals surface area (Å²) in [4.78, 5) is 0. The van der Waals surface area contributed by atoms with Crippen molar-refractivity contribution in [2.75, 3.05) is 0 Å². The van der Waals surface area contributed by atoms with Crippen molar-refractivity contribution in [1.29, 1.82) is 0 Å². The minimum atomic E-state index is -1.56. The van der Waals surface area contributed by atoms with Gasteiger partial charge in [0.05, 0.1) is 0 Å². The number of benzene rings is 4. The van der Waals surface area contributed by atoms with Crippen molar-refractivity contribution >= 4 is 0 Å². The van der Waals surface area contributed by atoms with E-state index >= 15 is 0 Å². The van der Waals surface area contributed by atoms with Gasteiger partial charge in [-0.1, -0.05) is 109 Å². The average molecular weight is 322 g/mol. The first kappa shape index (κ1) is 13.2. The Bertz CT molecular complexity index is 1020. The molecule has 0 spiro atoms. The maximum atomic E-state index is 8.71. The van der Waals surface area contributed by atoms with Crippen LogP contribution in [0.15, 0.2) is 109 Å². The van der Waals surface area contributed by atoms with E-state index in [1.54, 1.807) is 0 Å². The van der Waals surface area contributed by atoms with Crippen LogP contribution < -0.4 is 0 Å². The Labute approximate surface area is 152 Å². The van der Waals surface area contributed by atoms with Gasteiger partial charge in [-0.15, -0.1) is 0 Å². The Balaban J connectivity index is 1.67. The molecule has 0 heterocycles. The Morgan fingerprint density at radius 1 is 0.440 bits per heavy atom. The summed E-state index contributed by atoms with van der Waals surface area (Å²) in [7, 11) is 0. The van der Waals surface area contributed by atoms with Gasteiger partial charge in [0, 0.05) is 2.74 Å². The van der Waals surface area contributed by atoms with Crippen LogP contribution in [0.25, 0.3) is 22.3 Å². The summed E-state index contributed by atoms with van der Waals surface area (Å²) in [5.74, 6) is 0. The zero-order valence-corrected chi connectivity index (χ0v) is 13.9. The molecule has 0 aliphatic heterocycles. The molecule has 0 amide bonds. The third-order valence-corrected chi connectivity index (χ3v) is 4.25. The highest BCUT2D eigenvalue weighted by atomic mass is 14.1. The summed E-state index contributed by atoms with van der Waals surface area (Å²) < 4.78 is 17.4. The molecular formula is C25H20. The van der Waals surface area contributed by atoms with Gasteiger partial charge in [0.1, 0.15) is 0 Å². The minimum absolute atomic E-state index is 0.660. The first-order chi connectivity index (χ1) is 13.1. The second-order valence-electron chi connectivity index (χ2n) is 6.02. The second kappa shape index (κ2) is 7.19. The first-order valence-corrected chi connectivity index (χ1v) is 8.46. The zero-order chi connectivity index (χ0) is 18.7.